The molecule has 0 aliphatic carbocycles. The van der Waals surface area contributed by atoms with E-state index in [0.717, 1.165) is 36.0 Å². The van der Waals surface area contributed by atoms with Gasteiger partial charge in [-0.25, -0.2) is 4.79 Å². The van der Waals surface area contributed by atoms with Crippen LogP contribution in [0.4, 0.5) is 0 Å². The lowest BCUT2D eigenvalue weighted by Crippen LogP contribution is -2.38. The zero-order chi connectivity index (χ0) is 34.1. The molecule has 1 unspecified atom stereocenters. The molecule has 1 aromatic heterocycles. The fourth-order valence-corrected chi connectivity index (χ4v) is 6.16. The van der Waals surface area contributed by atoms with Crippen molar-refractivity contribution in [1.82, 2.24) is 9.55 Å². The lowest BCUT2D eigenvalue weighted by atomic mass is 9.80. The van der Waals surface area contributed by atoms with E-state index < -0.39 is 43.5 Å². The van der Waals surface area contributed by atoms with Crippen molar-refractivity contribution in [3.05, 3.63) is 128 Å². The third-order valence-electron chi connectivity index (χ3n) is 8.45. The van der Waals surface area contributed by atoms with Gasteiger partial charge in [-0.1, -0.05) is 74.4 Å². The quantitative estimate of drug-likeness (QED) is 0.0508. The topological polar surface area (TPSA) is 148 Å². The molecule has 4 atom stereocenters. The van der Waals surface area contributed by atoms with Crippen LogP contribution in [0.1, 0.15) is 61.1 Å². The first kappa shape index (κ1) is 35.2. The number of aromatic amines is 1. The molecule has 2 N–H and O–H groups in total. The van der Waals surface area contributed by atoms with Crippen LogP contribution in [0.2, 0.25) is 0 Å². The predicted molar refractivity (Wildman–Crippen MR) is 177 cm³/mol. The van der Waals surface area contributed by atoms with Crippen LogP contribution in [-0.2, 0) is 35.6 Å². The standard InChI is InChI=1S/C35H39N2O10P/c1-4-5-7-10-24-22-37(34(39)36-33(24)38)32-21-30(46-47-48(40)41)31(45-32)23-44-35(25-11-8-6-9-12-25,26-13-17-28(42-2)18-14-26)27-15-19-29(43-3)20-16-27/h6,8-9,11-20,22,30-32H,4-5,7,10,21,23H2,1-3H3,(H-,36,38,39,40,41)/p+1/t30-,31+,32+/m0/s1. The number of ether oxygens (including phenoxy) is 4. The Morgan fingerprint density at radius 3 is 2.08 bits per heavy atom. The highest BCUT2D eigenvalue weighted by atomic mass is 31.1. The zero-order valence-electron chi connectivity index (χ0n) is 27.1. The third-order valence-corrected chi connectivity index (χ3v) is 8.66. The van der Waals surface area contributed by atoms with Crippen molar-refractivity contribution in [2.24, 2.45) is 0 Å². The van der Waals surface area contributed by atoms with Crippen molar-refractivity contribution in [2.45, 2.75) is 63.1 Å². The predicted octanol–water partition coefficient (Wildman–Crippen LogP) is 5.55. The fourth-order valence-electron chi connectivity index (χ4n) is 5.98. The summed E-state index contributed by atoms with van der Waals surface area (Å²) in [5, 5.41) is 0. The molecular formula is C35H40N2O10P+. The Kier molecular flexibility index (Phi) is 11.9. The van der Waals surface area contributed by atoms with Gasteiger partial charge in [0.05, 0.1) is 25.5 Å². The summed E-state index contributed by atoms with van der Waals surface area (Å²) in [4.78, 5) is 42.7. The summed E-state index contributed by atoms with van der Waals surface area (Å²) in [6, 6.07) is 24.7. The van der Waals surface area contributed by atoms with Gasteiger partial charge >= 0.3 is 13.9 Å². The van der Waals surface area contributed by atoms with Crippen LogP contribution in [0.5, 0.6) is 11.5 Å². The minimum Gasteiger partial charge on any atom is -0.497 e. The first-order valence-electron chi connectivity index (χ1n) is 15.8. The van der Waals surface area contributed by atoms with E-state index in [-0.39, 0.29) is 13.0 Å². The van der Waals surface area contributed by atoms with Crippen molar-refractivity contribution < 1.29 is 38.0 Å². The number of aryl methyl sites for hydroxylation is 1. The minimum atomic E-state index is -3.09. The van der Waals surface area contributed by atoms with Crippen molar-refractivity contribution in [3.63, 3.8) is 0 Å². The van der Waals surface area contributed by atoms with Crippen LogP contribution in [0.3, 0.4) is 0 Å². The molecule has 3 aromatic carbocycles. The summed E-state index contributed by atoms with van der Waals surface area (Å²) in [7, 11) is 0.102. The Bertz CT molecular complexity index is 1710. The van der Waals surface area contributed by atoms with E-state index in [4.69, 9.17) is 23.8 Å². The summed E-state index contributed by atoms with van der Waals surface area (Å²) >= 11 is 0. The highest BCUT2D eigenvalue weighted by molar-refractivity contribution is 7.31. The van der Waals surface area contributed by atoms with Crippen LogP contribution in [-0.4, -0.2) is 47.5 Å². The normalized spacial score (nSPS) is 18.1. The van der Waals surface area contributed by atoms with E-state index in [1.165, 1.54) is 10.8 Å². The van der Waals surface area contributed by atoms with Crippen LogP contribution < -0.4 is 20.7 Å². The van der Waals surface area contributed by atoms with Gasteiger partial charge in [-0.3, -0.25) is 14.3 Å². The maximum Gasteiger partial charge on any atom is 0.725 e. The molecule has 1 fully saturated rings. The van der Waals surface area contributed by atoms with Gasteiger partial charge in [-0.2, -0.15) is 4.89 Å². The van der Waals surface area contributed by atoms with E-state index in [1.54, 1.807) is 14.2 Å². The van der Waals surface area contributed by atoms with Crippen molar-refractivity contribution >= 4 is 8.25 Å². The fraction of sp³-hybridized carbons (Fsp3) is 0.371. The molecule has 1 aliphatic rings. The largest absolute Gasteiger partial charge is 0.725 e. The molecule has 0 spiro atoms. The van der Waals surface area contributed by atoms with Crippen LogP contribution in [0, 0.1) is 0 Å². The molecule has 48 heavy (non-hydrogen) atoms. The van der Waals surface area contributed by atoms with E-state index in [9.17, 15) is 19.0 Å². The van der Waals surface area contributed by atoms with Crippen LogP contribution >= 0.6 is 8.25 Å². The highest BCUT2D eigenvalue weighted by Gasteiger charge is 2.44. The number of H-pyrrole nitrogens is 1. The third kappa shape index (κ3) is 7.92. The number of methoxy groups -OCH3 is 2. The van der Waals surface area contributed by atoms with E-state index in [0.29, 0.717) is 23.5 Å². The van der Waals surface area contributed by atoms with Crippen molar-refractivity contribution in [3.8, 4) is 11.5 Å². The summed E-state index contributed by atoms with van der Waals surface area (Å²) in [6.45, 7) is 1.97. The number of unbranched alkanes of at least 4 members (excludes halogenated alkanes) is 2. The maximum atomic E-state index is 13.0. The average molecular weight is 680 g/mol. The number of nitrogens with zero attached hydrogens (tertiary/aromatic N) is 1. The monoisotopic (exact) mass is 679 g/mol. The zero-order valence-corrected chi connectivity index (χ0v) is 28.0. The van der Waals surface area contributed by atoms with Gasteiger partial charge < -0.3 is 18.9 Å². The molecule has 4 aromatic rings. The van der Waals surface area contributed by atoms with Gasteiger partial charge in [0.25, 0.3) is 5.56 Å². The van der Waals surface area contributed by atoms with Crippen molar-refractivity contribution in [2.75, 3.05) is 20.8 Å². The number of hydrogen-bond donors (Lipinski definition) is 2. The Labute approximate surface area is 279 Å². The molecule has 1 aliphatic heterocycles. The van der Waals surface area contributed by atoms with Crippen molar-refractivity contribution in [1.29, 1.82) is 0 Å². The van der Waals surface area contributed by atoms with E-state index in [1.807, 2.05) is 78.9 Å². The molecule has 0 saturated carbocycles. The Balaban J connectivity index is 1.54. The summed E-state index contributed by atoms with van der Waals surface area (Å²) in [6.07, 6.45) is 2.13. The molecular weight excluding hydrogens is 639 g/mol. The number of hydrogen-bond acceptors (Lipinski definition) is 9. The molecule has 12 nitrogen and oxygen atoms in total. The molecule has 0 amide bonds. The molecule has 13 heteroatoms. The van der Waals surface area contributed by atoms with Gasteiger partial charge in [0.2, 0.25) is 0 Å². The number of rotatable bonds is 16. The number of nitrogens with one attached hydrogen (secondary N) is 1. The number of aromatic nitrogens is 2. The molecule has 1 saturated heterocycles. The van der Waals surface area contributed by atoms with E-state index >= 15 is 0 Å². The number of benzene rings is 3. The molecule has 5 rings (SSSR count). The Morgan fingerprint density at radius 1 is 0.917 bits per heavy atom. The van der Waals surface area contributed by atoms with Gasteiger partial charge in [0.15, 0.2) is 0 Å². The second-order valence-electron chi connectivity index (χ2n) is 11.4. The second kappa shape index (κ2) is 16.3. The first-order valence-corrected chi connectivity index (χ1v) is 16.9. The SMILES string of the molecule is CCCCCc1cn([C@H]2C[C@H](OO[P+](=O)O)[C@@H](COC(c3ccccc3)(c3ccc(OC)cc3)c3ccc(OC)cc3)O2)c(=O)[nH]c1=O. The highest BCUT2D eigenvalue weighted by Crippen LogP contribution is 2.43. The minimum absolute atomic E-state index is 0.0704. The molecule has 254 valence electrons. The molecule has 0 radical (unpaired) electrons. The lowest BCUT2D eigenvalue weighted by Gasteiger charge is -2.37. The smallest absolute Gasteiger partial charge is 0.497 e. The first-order chi connectivity index (χ1) is 23.3. The summed E-state index contributed by atoms with van der Waals surface area (Å²) in [5.41, 5.74) is 0.580. The van der Waals surface area contributed by atoms with Gasteiger partial charge in [-0.15, -0.1) is 4.89 Å². The van der Waals surface area contributed by atoms with Gasteiger partial charge in [-0.05, 0) is 53.8 Å². The lowest BCUT2D eigenvalue weighted by molar-refractivity contribution is -0.260. The van der Waals surface area contributed by atoms with Gasteiger partial charge in [0.1, 0.15) is 35.5 Å². The van der Waals surface area contributed by atoms with E-state index in [2.05, 4.69) is 16.6 Å². The molecule has 0 bridgehead atoms. The molecule has 2 heterocycles. The summed E-state index contributed by atoms with van der Waals surface area (Å²) in [5.74, 6) is 1.34. The second-order valence-corrected chi connectivity index (χ2v) is 12.0. The summed E-state index contributed by atoms with van der Waals surface area (Å²) < 4.78 is 41.6. The van der Waals surface area contributed by atoms with Crippen LogP contribution in [0.25, 0.3) is 0 Å². The maximum absolute atomic E-state index is 13.0. The Hall–Kier alpha value is -4.16. The Morgan fingerprint density at radius 2 is 1.52 bits per heavy atom. The average Bonchev–Trinajstić information content (AvgIpc) is 3.52. The van der Waals surface area contributed by atoms with Crippen LogP contribution in [0.15, 0.2) is 94.6 Å². The van der Waals surface area contributed by atoms with Gasteiger partial charge in [0, 0.05) is 22.7 Å².